The third-order valence-electron chi connectivity index (χ3n) is 2.64. The molecule has 0 saturated carbocycles. The van der Waals surface area contributed by atoms with Gasteiger partial charge in [0, 0.05) is 19.3 Å². The van der Waals surface area contributed by atoms with Crippen LogP contribution in [0.5, 0.6) is 0 Å². The molecule has 0 N–H and O–H groups in total. The smallest absolute Gasteiger partial charge is 0.0356 e. The van der Waals surface area contributed by atoms with Crippen LogP contribution in [0.4, 0.5) is 0 Å². The van der Waals surface area contributed by atoms with E-state index in [1.54, 1.807) is 5.57 Å². The molecule has 1 aliphatic heterocycles. The number of hydrogen-bond acceptors (Lipinski definition) is 1. The Morgan fingerprint density at radius 1 is 1.55 bits per heavy atom. The van der Waals surface area contributed by atoms with Crippen LogP contribution in [0.25, 0.3) is 0 Å². The van der Waals surface area contributed by atoms with Crippen LogP contribution in [0.2, 0.25) is 0 Å². The maximum absolute atomic E-state index is 2.41. The zero-order valence-corrected chi connectivity index (χ0v) is 7.30. The lowest BCUT2D eigenvalue weighted by atomic mass is 9.96. The lowest BCUT2D eigenvalue weighted by molar-refractivity contribution is 0.475. The predicted octanol–water partition coefficient (Wildman–Crippen LogP) is 2.17. The molecule has 1 unspecified atom stereocenters. The molecule has 2 aliphatic rings. The molecule has 1 saturated heterocycles. The molecule has 0 aromatic carbocycles. The van der Waals surface area contributed by atoms with Gasteiger partial charge in [0.05, 0.1) is 0 Å². The van der Waals surface area contributed by atoms with Crippen LogP contribution in [0, 0.1) is 5.92 Å². The summed E-state index contributed by atoms with van der Waals surface area (Å²) in [5, 5.41) is 0. The highest BCUT2D eigenvalue weighted by Gasteiger charge is 2.21. The molecule has 0 spiro atoms. The molecule has 0 aromatic rings. The predicted molar refractivity (Wildman–Crippen MR) is 47.2 cm³/mol. The summed E-state index contributed by atoms with van der Waals surface area (Å²) < 4.78 is 0. The summed E-state index contributed by atoms with van der Waals surface area (Å²) >= 11 is 0. The van der Waals surface area contributed by atoms with Gasteiger partial charge in [0.25, 0.3) is 0 Å². The Hall–Kier alpha value is -0.720. The van der Waals surface area contributed by atoms with E-state index >= 15 is 0 Å². The Bertz CT molecular complexity index is 225. The number of likely N-dealkylation sites (tertiary alicyclic amines) is 1. The molecular weight excluding hydrogens is 134 g/mol. The van der Waals surface area contributed by atoms with Crippen molar-refractivity contribution in [2.24, 2.45) is 5.92 Å². The van der Waals surface area contributed by atoms with Crippen LogP contribution >= 0.6 is 0 Å². The normalized spacial score (nSPS) is 29.6. The molecule has 0 bridgehead atoms. The van der Waals surface area contributed by atoms with Crippen LogP contribution in [0.15, 0.2) is 23.4 Å². The minimum atomic E-state index is 0.745. The van der Waals surface area contributed by atoms with E-state index in [9.17, 15) is 0 Å². The van der Waals surface area contributed by atoms with Gasteiger partial charge in [-0.25, -0.2) is 0 Å². The van der Waals surface area contributed by atoms with Gasteiger partial charge in [-0.2, -0.15) is 0 Å². The van der Waals surface area contributed by atoms with Crippen molar-refractivity contribution in [1.29, 1.82) is 0 Å². The van der Waals surface area contributed by atoms with Gasteiger partial charge in [0.1, 0.15) is 0 Å². The van der Waals surface area contributed by atoms with E-state index in [1.165, 1.54) is 25.1 Å². The molecule has 0 amide bonds. The molecule has 1 aliphatic carbocycles. The fourth-order valence-corrected chi connectivity index (χ4v) is 1.89. The quantitative estimate of drug-likeness (QED) is 0.510. The number of nitrogens with zero attached hydrogens (tertiary/aromatic N) is 1. The summed E-state index contributed by atoms with van der Waals surface area (Å²) in [6.45, 7) is 3.50. The molecule has 1 heteroatoms. The van der Waals surface area contributed by atoms with Gasteiger partial charge in [-0.1, -0.05) is 19.1 Å². The minimum Gasteiger partial charge on any atom is -0.374 e. The van der Waals surface area contributed by atoms with Gasteiger partial charge in [0.15, 0.2) is 0 Å². The third-order valence-corrected chi connectivity index (χ3v) is 2.64. The van der Waals surface area contributed by atoms with E-state index in [1.807, 2.05) is 0 Å². The Labute approximate surface area is 68.4 Å². The van der Waals surface area contributed by atoms with Crippen molar-refractivity contribution in [2.45, 2.75) is 19.8 Å². The number of allylic oxidation sites excluding steroid dienone is 3. The van der Waals surface area contributed by atoms with E-state index in [4.69, 9.17) is 0 Å². The van der Waals surface area contributed by atoms with Crippen molar-refractivity contribution in [3.05, 3.63) is 23.4 Å². The summed E-state index contributed by atoms with van der Waals surface area (Å²) in [7, 11) is 2.19. The van der Waals surface area contributed by atoms with Crippen molar-refractivity contribution in [2.75, 3.05) is 13.6 Å². The standard InChI is InChI=1S/C10H15N/c1-8-3-4-9-5-6-11(2)10(9)7-8/h4,7-8H,3,5-6H2,1-2H3. The van der Waals surface area contributed by atoms with Gasteiger partial charge in [-0.15, -0.1) is 0 Å². The Kier molecular flexibility index (Phi) is 1.52. The highest BCUT2D eigenvalue weighted by Crippen LogP contribution is 2.31. The second kappa shape index (κ2) is 2.40. The second-order valence-corrected chi connectivity index (χ2v) is 3.67. The topological polar surface area (TPSA) is 3.24 Å². The van der Waals surface area contributed by atoms with Crippen molar-refractivity contribution < 1.29 is 0 Å². The number of rotatable bonds is 0. The molecule has 1 fully saturated rings. The van der Waals surface area contributed by atoms with Crippen molar-refractivity contribution >= 4 is 0 Å². The van der Waals surface area contributed by atoms with Crippen LogP contribution in [0.1, 0.15) is 19.8 Å². The molecule has 0 radical (unpaired) electrons. The lowest BCUT2D eigenvalue weighted by Gasteiger charge is -2.18. The Morgan fingerprint density at radius 3 is 3.18 bits per heavy atom. The fourth-order valence-electron chi connectivity index (χ4n) is 1.89. The maximum Gasteiger partial charge on any atom is 0.0356 e. The fraction of sp³-hybridized carbons (Fsp3) is 0.600. The molecule has 0 aromatic heterocycles. The minimum absolute atomic E-state index is 0.745. The van der Waals surface area contributed by atoms with Gasteiger partial charge >= 0.3 is 0 Å². The first kappa shape index (κ1) is 6.96. The zero-order valence-electron chi connectivity index (χ0n) is 7.30. The molecule has 2 rings (SSSR count). The molecule has 1 nitrogen and oxygen atoms in total. The van der Waals surface area contributed by atoms with Gasteiger partial charge < -0.3 is 4.90 Å². The van der Waals surface area contributed by atoms with Gasteiger partial charge in [-0.3, -0.25) is 0 Å². The number of fused-ring (bicyclic) bond motifs is 1. The first-order valence-electron chi connectivity index (χ1n) is 4.40. The lowest BCUT2D eigenvalue weighted by Crippen LogP contribution is -2.12. The van der Waals surface area contributed by atoms with Crippen LogP contribution in [0.3, 0.4) is 0 Å². The highest BCUT2D eigenvalue weighted by atomic mass is 15.1. The number of hydrogen-bond donors (Lipinski definition) is 0. The van der Waals surface area contributed by atoms with Crippen LogP contribution in [-0.4, -0.2) is 18.5 Å². The largest absolute Gasteiger partial charge is 0.374 e. The zero-order chi connectivity index (χ0) is 7.84. The first-order valence-corrected chi connectivity index (χ1v) is 4.40. The first-order chi connectivity index (χ1) is 5.27. The van der Waals surface area contributed by atoms with E-state index in [-0.39, 0.29) is 0 Å². The summed E-state index contributed by atoms with van der Waals surface area (Å²) in [4.78, 5) is 2.36. The van der Waals surface area contributed by atoms with Gasteiger partial charge in [0.2, 0.25) is 0 Å². The second-order valence-electron chi connectivity index (χ2n) is 3.67. The Morgan fingerprint density at radius 2 is 2.36 bits per heavy atom. The van der Waals surface area contributed by atoms with Crippen molar-refractivity contribution in [3.8, 4) is 0 Å². The van der Waals surface area contributed by atoms with E-state index < -0.39 is 0 Å². The van der Waals surface area contributed by atoms with E-state index in [0.29, 0.717) is 0 Å². The average Bonchev–Trinajstić information content (AvgIpc) is 2.33. The summed E-state index contributed by atoms with van der Waals surface area (Å²) in [5.74, 6) is 0.745. The van der Waals surface area contributed by atoms with Crippen LogP contribution < -0.4 is 0 Å². The summed E-state index contributed by atoms with van der Waals surface area (Å²) in [6.07, 6.45) is 7.31. The highest BCUT2D eigenvalue weighted by molar-refractivity contribution is 5.36. The monoisotopic (exact) mass is 149 g/mol. The molecular formula is C10H15N. The molecule has 60 valence electrons. The van der Waals surface area contributed by atoms with Crippen LogP contribution in [-0.2, 0) is 0 Å². The maximum atomic E-state index is 2.41. The average molecular weight is 149 g/mol. The van der Waals surface area contributed by atoms with Crippen molar-refractivity contribution in [1.82, 2.24) is 4.90 Å². The van der Waals surface area contributed by atoms with E-state index in [0.717, 1.165) is 5.92 Å². The van der Waals surface area contributed by atoms with Gasteiger partial charge in [-0.05, 0) is 24.3 Å². The SMILES string of the molecule is CC1C=C2C(=CC1)CCN2C. The summed E-state index contributed by atoms with van der Waals surface area (Å²) in [5.41, 5.74) is 3.06. The molecule has 1 atom stereocenters. The molecule has 1 heterocycles. The molecule has 11 heavy (non-hydrogen) atoms. The third kappa shape index (κ3) is 1.09. The Balaban J connectivity index is 2.30. The van der Waals surface area contributed by atoms with Crippen molar-refractivity contribution in [3.63, 3.8) is 0 Å². The van der Waals surface area contributed by atoms with E-state index in [2.05, 4.69) is 31.0 Å². The summed E-state index contributed by atoms with van der Waals surface area (Å²) in [6, 6.07) is 0. The number of likely N-dealkylation sites (N-methyl/N-ethyl adjacent to an activating group) is 1.